The zero-order valence-electron chi connectivity index (χ0n) is 16.7. The summed E-state index contributed by atoms with van der Waals surface area (Å²) in [4.78, 5) is 17.0. The van der Waals surface area contributed by atoms with Crippen molar-refractivity contribution < 1.29 is 14.3 Å². The highest BCUT2D eigenvalue weighted by Crippen LogP contribution is 2.33. The van der Waals surface area contributed by atoms with Crippen LogP contribution in [0.25, 0.3) is 10.9 Å². The number of hydrogen-bond donors (Lipinski definition) is 1. The Morgan fingerprint density at radius 1 is 1.14 bits per heavy atom. The first kappa shape index (κ1) is 20.5. The van der Waals surface area contributed by atoms with Crippen LogP contribution in [-0.2, 0) is 4.79 Å². The van der Waals surface area contributed by atoms with Crippen molar-refractivity contribution in [1.29, 1.82) is 5.26 Å². The van der Waals surface area contributed by atoms with Crippen LogP contribution in [0.2, 0.25) is 0 Å². The number of methoxy groups -OCH3 is 2. The number of carbonyl (C=O) groups is 1. The van der Waals surface area contributed by atoms with Crippen molar-refractivity contribution in [2.75, 3.05) is 25.3 Å². The molecule has 3 aromatic rings. The molecule has 7 heteroatoms. The largest absolute Gasteiger partial charge is 0.493 e. The van der Waals surface area contributed by atoms with Gasteiger partial charge < -0.3 is 14.8 Å². The maximum absolute atomic E-state index is 12.4. The number of thioether (sulfide) groups is 1. The summed E-state index contributed by atoms with van der Waals surface area (Å²) < 4.78 is 10.6. The third kappa shape index (κ3) is 4.61. The second-order valence-electron chi connectivity index (χ2n) is 6.51. The lowest BCUT2D eigenvalue weighted by Crippen LogP contribution is -2.15. The molecule has 0 spiro atoms. The molecule has 29 heavy (non-hydrogen) atoms. The van der Waals surface area contributed by atoms with E-state index >= 15 is 0 Å². The molecular formula is C22H21N3O3S. The molecule has 0 aliphatic heterocycles. The maximum atomic E-state index is 12.4. The Morgan fingerprint density at radius 2 is 1.86 bits per heavy atom. The van der Waals surface area contributed by atoms with Gasteiger partial charge in [-0.1, -0.05) is 23.9 Å². The van der Waals surface area contributed by atoms with Crippen LogP contribution in [0, 0.1) is 25.2 Å². The molecule has 1 amide bonds. The molecule has 0 atom stereocenters. The molecule has 0 fully saturated rings. The molecule has 3 rings (SSSR count). The van der Waals surface area contributed by atoms with Crippen molar-refractivity contribution >= 4 is 34.3 Å². The van der Waals surface area contributed by atoms with Gasteiger partial charge in [-0.15, -0.1) is 0 Å². The number of ether oxygens (including phenoxy) is 2. The van der Waals surface area contributed by atoms with E-state index in [0.717, 1.165) is 22.2 Å². The number of aryl methyl sites for hydroxylation is 2. The molecule has 0 radical (unpaired) electrons. The van der Waals surface area contributed by atoms with Gasteiger partial charge in [0.2, 0.25) is 5.91 Å². The zero-order valence-corrected chi connectivity index (χ0v) is 17.5. The first-order chi connectivity index (χ1) is 13.9. The first-order valence-electron chi connectivity index (χ1n) is 8.92. The molecule has 0 saturated carbocycles. The molecule has 6 nitrogen and oxygen atoms in total. The molecule has 148 valence electrons. The Bertz CT molecular complexity index is 1120. The Morgan fingerprint density at radius 3 is 2.55 bits per heavy atom. The number of aromatic nitrogens is 1. The van der Waals surface area contributed by atoms with E-state index < -0.39 is 0 Å². The van der Waals surface area contributed by atoms with Crippen LogP contribution in [0.1, 0.15) is 16.7 Å². The molecule has 0 aliphatic carbocycles. The van der Waals surface area contributed by atoms with E-state index in [1.165, 1.54) is 11.8 Å². The number of anilines is 1. The number of nitrogens with zero attached hydrogens (tertiary/aromatic N) is 2. The number of pyridine rings is 1. The lowest BCUT2D eigenvalue weighted by molar-refractivity contribution is -0.113. The van der Waals surface area contributed by atoms with Crippen LogP contribution in [0.4, 0.5) is 5.69 Å². The average Bonchev–Trinajstić information content (AvgIpc) is 2.73. The van der Waals surface area contributed by atoms with Crippen LogP contribution in [0.3, 0.4) is 0 Å². The van der Waals surface area contributed by atoms with Gasteiger partial charge >= 0.3 is 0 Å². The van der Waals surface area contributed by atoms with E-state index in [1.54, 1.807) is 32.4 Å². The number of nitrogens with one attached hydrogen (secondary N) is 1. The standard InChI is InChI=1S/C22H21N3O3S/c1-13-5-6-14(2)17(7-13)24-21(26)12-29-22-16(11-23)8-15-9-19(27-3)20(28-4)10-18(15)25-22/h5-10H,12H2,1-4H3,(H,24,26). The van der Waals surface area contributed by atoms with Crippen LogP contribution in [0.5, 0.6) is 11.5 Å². The van der Waals surface area contributed by atoms with Gasteiger partial charge in [0, 0.05) is 17.1 Å². The summed E-state index contributed by atoms with van der Waals surface area (Å²) in [5, 5.41) is 13.7. The number of carbonyl (C=O) groups excluding carboxylic acids is 1. The fraction of sp³-hybridized carbons (Fsp3) is 0.227. The van der Waals surface area contributed by atoms with Gasteiger partial charge in [0.1, 0.15) is 11.1 Å². The molecule has 1 heterocycles. The Kier molecular flexibility index (Phi) is 6.25. The predicted octanol–water partition coefficient (Wildman–Crippen LogP) is 4.47. The molecule has 0 aliphatic rings. The summed E-state index contributed by atoms with van der Waals surface area (Å²) in [5.74, 6) is 1.12. The third-order valence-corrected chi connectivity index (χ3v) is 5.40. The smallest absolute Gasteiger partial charge is 0.234 e. The van der Waals surface area contributed by atoms with E-state index in [4.69, 9.17) is 9.47 Å². The van der Waals surface area contributed by atoms with Gasteiger partial charge in [-0.25, -0.2) is 4.98 Å². The van der Waals surface area contributed by atoms with Crippen molar-refractivity contribution in [1.82, 2.24) is 4.98 Å². The predicted molar refractivity (Wildman–Crippen MR) is 115 cm³/mol. The first-order valence-corrected chi connectivity index (χ1v) is 9.90. The highest BCUT2D eigenvalue weighted by Gasteiger charge is 2.14. The van der Waals surface area contributed by atoms with Crippen molar-refractivity contribution in [2.45, 2.75) is 18.9 Å². The maximum Gasteiger partial charge on any atom is 0.234 e. The van der Waals surface area contributed by atoms with Crippen molar-refractivity contribution in [3.63, 3.8) is 0 Å². The molecule has 0 bridgehead atoms. The van der Waals surface area contributed by atoms with E-state index in [0.29, 0.717) is 27.6 Å². The number of fused-ring (bicyclic) bond motifs is 1. The van der Waals surface area contributed by atoms with Crippen LogP contribution in [-0.4, -0.2) is 30.9 Å². The van der Waals surface area contributed by atoms with E-state index in [-0.39, 0.29) is 11.7 Å². The van der Waals surface area contributed by atoms with Crippen molar-refractivity contribution in [3.05, 3.63) is 53.1 Å². The highest BCUT2D eigenvalue weighted by molar-refractivity contribution is 8.00. The number of nitriles is 1. The Balaban J connectivity index is 1.82. The summed E-state index contributed by atoms with van der Waals surface area (Å²) in [6.07, 6.45) is 0. The molecule has 1 aromatic heterocycles. The molecule has 2 aromatic carbocycles. The molecule has 1 N–H and O–H groups in total. The Labute approximate surface area is 173 Å². The third-order valence-electron chi connectivity index (χ3n) is 4.41. The van der Waals surface area contributed by atoms with Gasteiger partial charge in [-0.3, -0.25) is 4.79 Å². The second kappa shape index (κ2) is 8.84. The number of hydrogen-bond acceptors (Lipinski definition) is 6. The summed E-state index contributed by atoms with van der Waals surface area (Å²) >= 11 is 1.23. The summed E-state index contributed by atoms with van der Waals surface area (Å²) in [7, 11) is 3.11. The average molecular weight is 407 g/mol. The molecular weight excluding hydrogens is 386 g/mol. The normalized spacial score (nSPS) is 10.4. The van der Waals surface area contributed by atoms with Gasteiger partial charge in [0.05, 0.1) is 31.1 Å². The van der Waals surface area contributed by atoms with E-state index in [2.05, 4.69) is 16.4 Å². The monoisotopic (exact) mass is 407 g/mol. The van der Waals surface area contributed by atoms with E-state index in [1.807, 2.05) is 32.0 Å². The quantitative estimate of drug-likeness (QED) is 0.607. The minimum Gasteiger partial charge on any atom is -0.493 e. The zero-order chi connectivity index (χ0) is 21.0. The summed E-state index contributed by atoms with van der Waals surface area (Å²) in [6.45, 7) is 3.92. The molecule has 0 unspecified atom stereocenters. The summed E-state index contributed by atoms with van der Waals surface area (Å²) in [5.41, 5.74) is 3.94. The van der Waals surface area contributed by atoms with Crippen LogP contribution < -0.4 is 14.8 Å². The van der Waals surface area contributed by atoms with Crippen molar-refractivity contribution in [3.8, 4) is 17.6 Å². The molecule has 0 saturated heterocycles. The van der Waals surface area contributed by atoms with Gasteiger partial charge in [0.15, 0.2) is 11.5 Å². The number of amides is 1. The second-order valence-corrected chi connectivity index (χ2v) is 7.47. The highest BCUT2D eigenvalue weighted by atomic mass is 32.2. The summed E-state index contributed by atoms with van der Waals surface area (Å²) in [6, 6.07) is 13.4. The van der Waals surface area contributed by atoms with Gasteiger partial charge in [0.25, 0.3) is 0 Å². The van der Waals surface area contributed by atoms with Gasteiger partial charge in [-0.2, -0.15) is 5.26 Å². The lowest BCUT2D eigenvalue weighted by atomic mass is 10.1. The Hall–Kier alpha value is -3.24. The van der Waals surface area contributed by atoms with Gasteiger partial charge in [-0.05, 0) is 43.2 Å². The van der Waals surface area contributed by atoms with Crippen molar-refractivity contribution in [2.24, 2.45) is 0 Å². The van der Waals surface area contributed by atoms with E-state index in [9.17, 15) is 10.1 Å². The number of rotatable bonds is 6. The fourth-order valence-corrected chi connectivity index (χ4v) is 3.63. The minimum atomic E-state index is -0.151. The minimum absolute atomic E-state index is 0.147. The van der Waals surface area contributed by atoms with Crippen LogP contribution >= 0.6 is 11.8 Å². The SMILES string of the molecule is COc1cc2cc(C#N)c(SCC(=O)Nc3cc(C)ccc3C)nc2cc1OC. The number of benzene rings is 2. The fourth-order valence-electron chi connectivity index (χ4n) is 2.86. The lowest BCUT2D eigenvalue weighted by Gasteiger charge is -2.11. The topological polar surface area (TPSA) is 84.2 Å². The van der Waals surface area contributed by atoms with Crippen LogP contribution in [0.15, 0.2) is 41.4 Å².